The highest BCUT2D eigenvalue weighted by atomic mass is 79.9. The first kappa shape index (κ1) is 12.2. The second-order valence-electron chi connectivity index (χ2n) is 3.94. The van der Waals surface area contributed by atoms with Crippen molar-refractivity contribution in [3.63, 3.8) is 0 Å². The summed E-state index contributed by atoms with van der Waals surface area (Å²) >= 11 is 3.15. The first-order valence-corrected chi connectivity index (χ1v) is 6.02. The minimum Gasteiger partial charge on any atom is -0.508 e. The number of aromatic hydroxyl groups is 1. The first-order valence-electron chi connectivity index (χ1n) is 4.90. The summed E-state index contributed by atoms with van der Waals surface area (Å²) < 4.78 is 0. The van der Waals surface area contributed by atoms with Crippen LogP contribution in [0.2, 0.25) is 0 Å². The lowest BCUT2D eigenvalue weighted by Crippen LogP contribution is -2.04. The number of alkyl halides is 1. The van der Waals surface area contributed by atoms with Crippen molar-refractivity contribution >= 4 is 21.7 Å². The highest BCUT2D eigenvalue weighted by molar-refractivity contribution is 9.09. The molecule has 1 N–H and O–H groups in total. The Morgan fingerprint density at radius 2 is 2.07 bits per heavy atom. The van der Waals surface area contributed by atoms with Crippen molar-refractivity contribution in [1.29, 1.82) is 0 Å². The van der Waals surface area contributed by atoms with Gasteiger partial charge in [-0.1, -0.05) is 29.8 Å². The van der Waals surface area contributed by atoms with Gasteiger partial charge in [0.25, 0.3) is 0 Å². The monoisotopic (exact) mass is 270 g/mol. The van der Waals surface area contributed by atoms with Crippen molar-refractivity contribution in [2.75, 3.05) is 5.33 Å². The van der Waals surface area contributed by atoms with Crippen molar-refractivity contribution < 1.29 is 9.90 Å². The number of carbonyl (C=O) groups excluding carboxylic acids is 1. The zero-order valence-electron chi connectivity index (χ0n) is 9.17. The Morgan fingerprint density at radius 1 is 1.47 bits per heavy atom. The van der Waals surface area contributed by atoms with Crippen LogP contribution < -0.4 is 0 Å². The lowest BCUT2D eigenvalue weighted by Gasteiger charge is -2.12. The van der Waals surface area contributed by atoms with Crippen LogP contribution in [-0.4, -0.2) is 16.2 Å². The minimum absolute atomic E-state index is 0.0504. The van der Waals surface area contributed by atoms with Gasteiger partial charge < -0.3 is 5.11 Å². The molecule has 0 spiro atoms. The standard InChI is InChI=1S/C12H15BrO2/c1-7(2)9-5-10(12(15)6-13)8(3)4-11(9)14/h4-5,7,14H,6H2,1-3H3. The molecular weight excluding hydrogens is 256 g/mol. The van der Waals surface area contributed by atoms with E-state index < -0.39 is 0 Å². The summed E-state index contributed by atoms with van der Waals surface area (Å²) in [6.07, 6.45) is 0. The largest absolute Gasteiger partial charge is 0.508 e. The van der Waals surface area contributed by atoms with Crippen molar-refractivity contribution in [3.05, 3.63) is 28.8 Å². The van der Waals surface area contributed by atoms with E-state index in [4.69, 9.17) is 0 Å². The zero-order chi connectivity index (χ0) is 11.6. The first-order chi connectivity index (χ1) is 6.97. The molecule has 0 aromatic heterocycles. The normalized spacial score (nSPS) is 10.7. The predicted octanol–water partition coefficient (Wildman–Crippen LogP) is 3.40. The van der Waals surface area contributed by atoms with E-state index in [1.807, 2.05) is 20.8 Å². The van der Waals surface area contributed by atoms with E-state index in [0.29, 0.717) is 10.9 Å². The Hall–Kier alpha value is -0.830. The Balaban J connectivity index is 3.29. The molecule has 0 bridgehead atoms. The van der Waals surface area contributed by atoms with Gasteiger partial charge in [0.2, 0.25) is 0 Å². The average molecular weight is 271 g/mol. The highest BCUT2D eigenvalue weighted by Crippen LogP contribution is 2.28. The van der Waals surface area contributed by atoms with E-state index in [-0.39, 0.29) is 17.5 Å². The molecule has 15 heavy (non-hydrogen) atoms. The van der Waals surface area contributed by atoms with Gasteiger partial charge in [-0.3, -0.25) is 4.79 Å². The SMILES string of the molecule is Cc1cc(O)c(C(C)C)cc1C(=O)CBr. The smallest absolute Gasteiger partial charge is 0.173 e. The Labute approximate surface area is 98.4 Å². The molecule has 0 radical (unpaired) electrons. The van der Waals surface area contributed by atoms with E-state index >= 15 is 0 Å². The number of Topliss-reactive ketones (excluding diaryl/α,β-unsaturated/α-hetero) is 1. The maximum Gasteiger partial charge on any atom is 0.173 e. The molecule has 82 valence electrons. The number of benzene rings is 1. The van der Waals surface area contributed by atoms with Crippen LogP contribution in [0.15, 0.2) is 12.1 Å². The Morgan fingerprint density at radius 3 is 2.53 bits per heavy atom. The molecule has 0 unspecified atom stereocenters. The lowest BCUT2D eigenvalue weighted by atomic mass is 9.95. The van der Waals surface area contributed by atoms with Crippen LogP contribution in [0.3, 0.4) is 0 Å². The molecule has 0 aliphatic rings. The number of aryl methyl sites for hydroxylation is 1. The third-order valence-corrected chi connectivity index (χ3v) is 2.93. The van der Waals surface area contributed by atoms with Crippen molar-refractivity contribution in [1.82, 2.24) is 0 Å². The molecule has 0 aliphatic carbocycles. The molecule has 1 rings (SSSR count). The second kappa shape index (κ2) is 4.79. The van der Waals surface area contributed by atoms with Crippen LogP contribution in [-0.2, 0) is 0 Å². The Bertz CT molecular complexity index is 383. The van der Waals surface area contributed by atoms with E-state index in [1.165, 1.54) is 0 Å². The number of phenolic OH excluding ortho intramolecular Hbond substituents is 1. The fraction of sp³-hybridized carbons (Fsp3) is 0.417. The molecule has 0 amide bonds. The molecule has 2 nitrogen and oxygen atoms in total. The minimum atomic E-state index is 0.0504. The summed E-state index contributed by atoms with van der Waals surface area (Å²) in [5, 5.41) is 10.0. The fourth-order valence-electron chi connectivity index (χ4n) is 1.54. The van der Waals surface area contributed by atoms with Crippen LogP contribution in [0.1, 0.15) is 41.3 Å². The number of ketones is 1. The van der Waals surface area contributed by atoms with Crippen LogP contribution in [0.5, 0.6) is 5.75 Å². The number of carbonyl (C=O) groups is 1. The molecule has 0 saturated heterocycles. The average Bonchev–Trinajstić information content (AvgIpc) is 2.16. The summed E-state index contributed by atoms with van der Waals surface area (Å²) in [4.78, 5) is 11.6. The van der Waals surface area contributed by atoms with Crippen molar-refractivity contribution in [2.24, 2.45) is 0 Å². The molecule has 0 saturated carbocycles. The van der Waals surface area contributed by atoms with Crippen LogP contribution in [0, 0.1) is 6.92 Å². The number of halogens is 1. The molecule has 1 aromatic rings. The number of hydrogen-bond acceptors (Lipinski definition) is 2. The summed E-state index contributed by atoms with van der Waals surface area (Å²) in [6, 6.07) is 3.45. The lowest BCUT2D eigenvalue weighted by molar-refractivity contribution is 0.102. The van der Waals surface area contributed by atoms with E-state index in [9.17, 15) is 9.90 Å². The molecule has 3 heteroatoms. The van der Waals surface area contributed by atoms with Gasteiger partial charge in [-0.2, -0.15) is 0 Å². The summed E-state index contributed by atoms with van der Waals surface area (Å²) in [6.45, 7) is 5.82. The van der Waals surface area contributed by atoms with Crippen LogP contribution in [0.4, 0.5) is 0 Å². The van der Waals surface area contributed by atoms with E-state index in [2.05, 4.69) is 15.9 Å². The topological polar surface area (TPSA) is 37.3 Å². The quantitative estimate of drug-likeness (QED) is 0.675. The van der Waals surface area contributed by atoms with Crippen molar-refractivity contribution in [3.8, 4) is 5.75 Å². The maximum atomic E-state index is 11.6. The third kappa shape index (κ3) is 2.59. The zero-order valence-corrected chi connectivity index (χ0v) is 10.8. The molecular formula is C12H15BrO2. The van der Waals surface area contributed by atoms with E-state index in [1.54, 1.807) is 12.1 Å². The van der Waals surface area contributed by atoms with Crippen LogP contribution >= 0.6 is 15.9 Å². The predicted molar refractivity (Wildman–Crippen MR) is 65.1 cm³/mol. The van der Waals surface area contributed by atoms with E-state index in [0.717, 1.165) is 11.1 Å². The molecule has 0 fully saturated rings. The third-order valence-electron chi connectivity index (χ3n) is 2.42. The van der Waals surface area contributed by atoms with Gasteiger partial charge in [-0.25, -0.2) is 0 Å². The maximum absolute atomic E-state index is 11.6. The van der Waals surface area contributed by atoms with Gasteiger partial charge in [0.1, 0.15) is 5.75 Å². The second-order valence-corrected chi connectivity index (χ2v) is 4.50. The number of hydrogen-bond donors (Lipinski definition) is 1. The Kier molecular flexibility index (Phi) is 3.91. The van der Waals surface area contributed by atoms with Crippen LogP contribution in [0.25, 0.3) is 0 Å². The molecule has 0 heterocycles. The summed E-state index contributed by atoms with van der Waals surface area (Å²) in [5.41, 5.74) is 2.33. The van der Waals surface area contributed by atoms with Gasteiger partial charge in [0.05, 0.1) is 5.33 Å². The summed E-state index contributed by atoms with van der Waals surface area (Å²) in [5.74, 6) is 0.537. The molecule has 1 aromatic carbocycles. The molecule has 0 aliphatic heterocycles. The van der Waals surface area contributed by atoms with Gasteiger partial charge >= 0.3 is 0 Å². The highest BCUT2D eigenvalue weighted by Gasteiger charge is 2.13. The molecule has 0 atom stereocenters. The van der Waals surface area contributed by atoms with Gasteiger partial charge in [-0.05, 0) is 36.1 Å². The van der Waals surface area contributed by atoms with Gasteiger partial charge in [0, 0.05) is 5.56 Å². The summed E-state index contributed by atoms with van der Waals surface area (Å²) in [7, 11) is 0. The number of phenols is 1. The number of rotatable bonds is 3. The van der Waals surface area contributed by atoms with Crippen molar-refractivity contribution in [2.45, 2.75) is 26.7 Å². The fourth-order valence-corrected chi connectivity index (χ4v) is 1.85. The van der Waals surface area contributed by atoms with Gasteiger partial charge in [-0.15, -0.1) is 0 Å². The van der Waals surface area contributed by atoms with Gasteiger partial charge in [0.15, 0.2) is 5.78 Å².